The molecule has 0 radical (unpaired) electrons. The van der Waals surface area contributed by atoms with Crippen molar-refractivity contribution in [1.29, 1.82) is 0 Å². The molecule has 1 fully saturated rings. The van der Waals surface area contributed by atoms with Crippen LogP contribution in [0.4, 0.5) is 0 Å². The predicted octanol–water partition coefficient (Wildman–Crippen LogP) is 4.74. The largest absolute Gasteiger partial charge is 0.493 e. The van der Waals surface area contributed by atoms with E-state index in [2.05, 4.69) is 39.2 Å². The third-order valence-electron chi connectivity index (χ3n) is 7.37. The molecule has 0 aliphatic carbocycles. The number of morpholine rings is 1. The molecule has 0 saturated carbocycles. The molecule has 1 unspecified atom stereocenters. The topological polar surface area (TPSA) is 65.0 Å². The maximum absolute atomic E-state index is 13.2. The van der Waals surface area contributed by atoms with Crippen LogP contribution in [0.1, 0.15) is 29.0 Å². The second kappa shape index (κ2) is 12.8. The smallest absolute Gasteiger partial charge is 0.220 e. The molecule has 4 aromatic rings. The molecule has 1 amide bonds. The molecule has 1 atom stereocenters. The Kier molecular flexibility index (Phi) is 8.81. The molecule has 1 N–H and O–H groups in total. The molecule has 1 aliphatic rings. The highest BCUT2D eigenvalue weighted by atomic mass is 16.5. The minimum Gasteiger partial charge on any atom is -0.493 e. The minimum absolute atomic E-state index is 0.0320. The molecule has 2 heterocycles. The summed E-state index contributed by atoms with van der Waals surface area (Å²) in [6.45, 7) is 5.23. The lowest BCUT2D eigenvalue weighted by molar-refractivity contribution is -0.121. The number of carbonyl (C=O) groups excluding carboxylic acids is 1. The van der Waals surface area contributed by atoms with Crippen molar-refractivity contribution in [3.63, 3.8) is 0 Å². The molecule has 1 aromatic heterocycles. The van der Waals surface area contributed by atoms with E-state index in [-0.39, 0.29) is 11.8 Å². The number of hydrogen-bond acceptors (Lipinski definition) is 5. The summed E-state index contributed by atoms with van der Waals surface area (Å²) in [4.78, 5) is 15.6. The molecule has 1 aliphatic heterocycles. The molecule has 7 nitrogen and oxygen atoms in total. The van der Waals surface area contributed by atoms with Crippen LogP contribution >= 0.6 is 0 Å². The van der Waals surface area contributed by atoms with Gasteiger partial charge in [-0.05, 0) is 34.9 Å². The number of benzene rings is 3. The standard InChI is InChI=1S/C32H37N3O4/c1-34-22-28(26-10-6-7-11-29(26)34)27(21-32(36)33-14-15-35-16-18-38-19-17-35)25-12-13-30(31(20-25)37-2)39-23-24-8-4-3-5-9-24/h3-13,20,22,27H,14-19,21,23H2,1-2H3,(H,33,36). The number of nitrogens with one attached hydrogen (secondary N) is 1. The van der Waals surface area contributed by atoms with E-state index in [0.29, 0.717) is 31.1 Å². The van der Waals surface area contributed by atoms with Crippen LogP contribution < -0.4 is 14.8 Å². The van der Waals surface area contributed by atoms with Gasteiger partial charge in [0, 0.05) is 62.7 Å². The fourth-order valence-electron chi connectivity index (χ4n) is 5.25. The van der Waals surface area contributed by atoms with Crippen molar-refractivity contribution in [1.82, 2.24) is 14.8 Å². The van der Waals surface area contributed by atoms with Gasteiger partial charge < -0.3 is 24.1 Å². The first kappa shape index (κ1) is 26.8. The van der Waals surface area contributed by atoms with Crippen molar-refractivity contribution in [2.45, 2.75) is 18.9 Å². The highest BCUT2D eigenvalue weighted by Gasteiger charge is 2.24. The maximum Gasteiger partial charge on any atom is 0.220 e. The van der Waals surface area contributed by atoms with E-state index in [1.165, 1.54) is 0 Å². The van der Waals surface area contributed by atoms with E-state index < -0.39 is 0 Å². The van der Waals surface area contributed by atoms with Crippen LogP contribution in [0.25, 0.3) is 10.9 Å². The summed E-state index contributed by atoms with van der Waals surface area (Å²) in [5.41, 5.74) is 4.36. The number of ether oxygens (including phenoxy) is 3. The van der Waals surface area contributed by atoms with E-state index >= 15 is 0 Å². The molecule has 7 heteroatoms. The number of hydrogen-bond donors (Lipinski definition) is 1. The summed E-state index contributed by atoms with van der Waals surface area (Å²) in [5, 5.41) is 4.30. The summed E-state index contributed by atoms with van der Waals surface area (Å²) < 4.78 is 19.4. The summed E-state index contributed by atoms with van der Waals surface area (Å²) in [6, 6.07) is 24.4. The van der Waals surface area contributed by atoms with Crippen LogP contribution in [0.2, 0.25) is 0 Å². The van der Waals surface area contributed by atoms with Crippen molar-refractivity contribution in [3.8, 4) is 11.5 Å². The average molecular weight is 528 g/mol. The normalized spacial score (nSPS) is 14.7. The average Bonchev–Trinajstić information content (AvgIpc) is 3.32. The first-order valence-corrected chi connectivity index (χ1v) is 13.6. The third-order valence-corrected chi connectivity index (χ3v) is 7.37. The van der Waals surface area contributed by atoms with Crippen molar-refractivity contribution >= 4 is 16.8 Å². The molecular weight excluding hydrogens is 490 g/mol. The van der Waals surface area contributed by atoms with Crippen LogP contribution in [0.3, 0.4) is 0 Å². The van der Waals surface area contributed by atoms with E-state index in [0.717, 1.165) is 60.4 Å². The molecule has 3 aromatic carbocycles. The van der Waals surface area contributed by atoms with Gasteiger partial charge in [0.25, 0.3) is 0 Å². The Labute approximate surface area is 230 Å². The molecule has 204 valence electrons. The van der Waals surface area contributed by atoms with Crippen LogP contribution in [0.15, 0.2) is 79.0 Å². The van der Waals surface area contributed by atoms with Crippen LogP contribution in [-0.4, -0.2) is 61.9 Å². The number of rotatable bonds is 11. The van der Waals surface area contributed by atoms with Gasteiger partial charge in [-0.2, -0.15) is 0 Å². The second-order valence-corrected chi connectivity index (χ2v) is 9.96. The van der Waals surface area contributed by atoms with Crippen molar-refractivity contribution in [3.05, 3.63) is 95.7 Å². The van der Waals surface area contributed by atoms with Gasteiger partial charge >= 0.3 is 0 Å². The van der Waals surface area contributed by atoms with Gasteiger partial charge in [0.15, 0.2) is 11.5 Å². The first-order valence-electron chi connectivity index (χ1n) is 13.6. The number of methoxy groups -OCH3 is 1. The SMILES string of the molecule is COc1cc(C(CC(=O)NCCN2CCOCC2)c2cn(C)c3ccccc23)ccc1OCc1ccccc1. The molecule has 5 rings (SSSR count). The van der Waals surface area contributed by atoms with Crippen LogP contribution in [0, 0.1) is 0 Å². The summed E-state index contributed by atoms with van der Waals surface area (Å²) in [5.74, 6) is 1.22. The highest BCUT2D eigenvalue weighted by molar-refractivity contribution is 5.86. The Morgan fingerprint density at radius 1 is 1.00 bits per heavy atom. The van der Waals surface area contributed by atoms with E-state index in [4.69, 9.17) is 14.2 Å². The number of carbonyl (C=O) groups is 1. The van der Waals surface area contributed by atoms with Gasteiger partial charge in [0.2, 0.25) is 5.91 Å². The molecule has 0 spiro atoms. The maximum atomic E-state index is 13.2. The Bertz CT molecular complexity index is 1380. The zero-order valence-corrected chi connectivity index (χ0v) is 22.8. The van der Waals surface area contributed by atoms with Crippen molar-refractivity contribution in [2.24, 2.45) is 7.05 Å². The number of aryl methyl sites for hydroxylation is 1. The number of para-hydroxylation sites is 1. The Balaban J connectivity index is 1.38. The Morgan fingerprint density at radius 3 is 2.56 bits per heavy atom. The Hall–Kier alpha value is -3.81. The van der Waals surface area contributed by atoms with Gasteiger partial charge in [0.1, 0.15) is 6.61 Å². The lowest BCUT2D eigenvalue weighted by Gasteiger charge is -2.26. The molecule has 0 bridgehead atoms. The molecule has 39 heavy (non-hydrogen) atoms. The zero-order valence-electron chi connectivity index (χ0n) is 22.8. The van der Waals surface area contributed by atoms with Crippen LogP contribution in [-0.2, 0) is 23.2 Å². The number of nitrogens with zero attached hydrogens (tertiary/aromatic N) is 2. The summed E-state index contributed by atoms with van der Waals surface area (Å²) in [6.07, 6.45) is 2.48. The Morgan fingerprint density at radius 2 is 1.77 bits per heavy atom. The fraction of sp³-hybridized carbons (Fsp3) is 0.344. The fourth-order valence-corrected chi connectivity index (χ4v) is 5.25. The predicted molar refractivity (Wildman–Crippen MR) is 153 cm³/mol. The number of aromatic nitrogens is 1. The lowest BCUT2D eigenvalue weighted by Crippen LogP contribution is -2.41. The van der Waals surface area contributed by atoms with E-state index in [9.17, 15) is 4.79 Å². The molecular formula is C32H37N3O4. The van der Waals surface area contributed by atoms with Gasteiger partial charge in [-0.15, -0.1) is 0 Å². The van der Waals surface area contributed by atoms with E-state index in [1.54, 1.807) is 7.11 Å². The third kappa shape index (κ3) is 6.61. The minimum atomic E-state index is -0.142. The quantitative estimate of drug-likeness (QED) is 0.305. The second-order valence-electron chi connectivity index (χ2n) is 9.96. The number of fused-ring (bicyclic) bond motifs is 1. The van der Waals surface area contributed by atoms with Gasteiger partial charge in [-0.25, -0.2) is 0 Å². The zero-order chi connectivity index (χ0) is 27.0. The molecule has 1 saturated heterocycles. The van der Waals surface area contributed by atoms with Crippen molar-refractivity contribution in [2.75, 3.05) is 46.5 Å². The summed E-state index contributed by atoms with van der Waals surface area (Å²) in [7, 11) is 3.70. The van der Waals surface area contributed by atoms with E-state index in [1.807, 2.05) is 61.6 Å². The lowest BCUT2D eigenvalue weighted by atomic mass is 9.87. The highest BCUT2D eigenvalue weighted by Crippen LogP contribution is 2.38. The van der Waals surface area contributed by atoms with Gasteiger partial charge in [-0.1, -0.05) is 54.6 Å². The summed E-state index contributed by atoms with van der Waals surface area (Å²) >= 11 is 0. The monoisotopic (exact) mass is 527 g/mol. The van der Waals surface area contributed by atoms with Gasteiger partial charge in [0.05, 0.1) is 20.3 Å². The van der Waals surface area contributed by atoms with Gasteiger partial charge in [-0.3, -0.25) is 9.69 Å². The number of amides is 1. The first-order chi connectivity index (χ1) is 19.1. The van der Waals surface area contributed by atoms with Crippen molar-refractivity contribution < 1.29 is 19.0 Å². The van der Waals surface area contributed by atoms with Crippen LogP contribution in [0.5, 0.6) is 11.5 Å².